The van der Waals surface area contributed by atoms with Crippen molar-refractivity contribution in [1.82, 2.24) is 0 Å². The van der Waals surface area contributed by atoms with Gasteiger partial charge in [0, 0.05) is 23.3 Å². The summed E-state index contributed by atoms with van der Waals surface area (Å²) in [6.45, 7) is 6.09. The lowest BCUT2D eigenvalue weighted by Crippen LogP contribution is -2.75. The fourth-order valence-electron chi connectivity index (χ4n) is 7.90. The van der Waals surface area contributed by atoms with Crippen LogP contribution in [0.25, 0.3) is 6.08 Å². The van der Waals surface area contributed by atoms with Crippen LogP contribution < -0.4 is 0 Å². The molecular weight excluding hydrogens is 460 g/mol. The zero-order chi connectivity index (χ0) is 25.8. The molecule has 5 rings (SSSR count). The van der Waals surface area contributed by atoms with Crippen molar-refractivity contribution in [3.63, 3.8) is 0 Å². The monoisotopic (exact) mass is 498 g/mol. The van der Waals surface area contributed by atoms with Crippen LogP contribution in [0.2, 0.25) is 0 Å². The summed E-state index contributed by atoms with van der Waals surface area (Å²) in [5.74, 6) is -0.795. The van der Waals surface area contributed by atoms with Gasteiger partial charge in [0.2, 0.25) is 0 Å². The smallest absolute Gasteiger partial charge is 0.331 e. The standard InChI is InChI=1S/C29H38O7/c1-25-14-15-28(17-24(32)34-19-28)36-26(25,2)16-22(27(3)21(25)10-7-13-29(27,33)18-30)35-23(31)12-11-20-8-5-4-6-9-20/h4-6,8-9,11-12,21-22,30,33H,7,10,13-19H2,1-3H3/b12-11+/t21-,22+,25-,26+,27+,28-,29+/m1/s1. The number of rotatable bonds is 4. The van der Waals surface area contributed by atoms with E-state index in [4.69, 9.17) is 14.2 Å². The Kier molecular flexibility index (Phi) is 6.13. The zero-order valence-electron chi connectivity index (χ0n) is 21.5. The number of carbonyl (C=O) groups excluding carboxylic acids is 2. The highest BCUT2D eigenvalue weighted by molar-refractivity contribution is 5.87. The summed E-state index contributed by atoms with van der Waals surface area (Å²) in [5, 5.41) is 22.2. The molecule has 0 radical (unpaired) electrons. The topological polar surface area (TPSA) is 102 Å². The Hall–Kier alpha value is -2.22. The van der Waals surface area contributed by atoms with Crippen molar-refractivity contribution in [3.05, 3.63) is 42.0 Å². The van der Waals surface area contributed by atoms with E-state index in [1.165, 1.54) is 6.08 Å². The molecule has 0 bridgehead atoms. The Bertz CT molecular complexity index is 1050. The van der Waals surface area contributed by atoms with E-state index < -0.39 is 40.9 Å². The summed E-state index contributed by atoms with van der Waals surface area (Å²) in [6, 6.07) is 9.52. The first-order valence-corrected chi connectivity index (χ1v) is 13.1. The van der Waals surface area contributed by atoms with Crippen LogP contribution in [0, 0.1) is 16.7 Å². The highest BCUT2D eigenvalue weighted by atomic mass is 16.6. The summed E-state index contributed by atoms with van der Waals surface area (Å²) in [7, 11) is 0. The average molecular weight is 499 g/mol. The molecule has 7 heteroatoms. The quantitative estimate of drug-likeness (QED) is 0.481. The molecular formula is C29H38O7. The minimum Gasteiger partial charge on any atom is -0.463 e. The number of cyclic esters (lactones) is 1. The number of esters is 2. The summed E-state index contributed by atoms with van der Waals surface area (Å²) in [4.78, 5) is 25.1. The van der Waals surface area contributed by atoms with Gasteiger partial charge in [0.05, 0.1) is 24.2 Å². The molecule has 1 spiro atoms. The molecule has 0 unspecified atom stereocenters. The zero-order valence-corrected chi connectivity index (χ0v) is 21.5. The fourth-order valence-corrected chi connectivity index (χ4v) is 7.90. The maximum absolute atomic E-state index is 13.1. The second-order valence-electron chi connectivity index (χ2n) is 12.1. The summed E-state index contributed by atoms with van der Waals surface area (Å²) >= 11 is 0. The first-order chi connectivity index (χ1) is 17.0. The fraction of sp³-hybridized carbons (Fsp3) is 0.655. The summed E-state index contributed by atoms with van der Waals surface area (Å²) in [6.07, 6.45) is 6.58. The van der Waals surface area contributed by atoms with Gasteiger partial charge in [0.15, 0.2) is 0 Å². The number of aliphatic hydroxyl groups is 2. The third-order valence-electron chi connectivity index (χ3n) is 10.3. The Balaban J connectivity index is 1.50. The number of ether oxygens (including phenoxy) is 3. The van der Waals surface area contributed by atoms with Gasteiger partial charge in [-0.25, -0.2) is 4.79 Å². The van der Waals surface area contributed by atoms with Gasteiger partial charge < -0.3 is 24.4 Å². The second-order valence-corrected chi connectivity index (χ2v) is 12.1. The average Bonchev–Trinajstić information content (AvgIpc) is 3.21. The molecule has 7 nitrogen and oxygen atoms in total. The third kappa shape index (κ3) is 3.74. The van der Waals surface area contributed by atoms with Crippen LogP contribution in [0.15, 0.2) is 36.4 Å². The van der Waals surface area contributed by atoms with E-state index in [1.807, 2.05) is 37.3 Å². The molecule has 2 aliphatic carbocycles. The molecule has 2 aliphatic heterocycles. The van der Waals surface area contributed by atoms with Gasteiger partial charge in [-0.2, -0.15) is 0 Å². The van der Waals surface area contributed by atoms with Gasteiger partial charge in [0.1, 0.15) is 18.3 Å². The Labute approximate surface area is 212 Å². The van der Waals surface area contributed by atoms with Crippen molar-refractivity contribution in [2.45, 2.75) is 88.6 Å². The molecule has 2 heterocycles. The molecule has 4 fully saturated rings. The summed E-state index contributed by atoms with van der Waals surface area (Å²) in [5.41, 5.74) is -3.07. The number of hydrogen-bond donors (Lipinski definition) is 2. The Morgan fingerprint density at radius 1 is 1.17 bits per heavy atom. The summed E-state index contributed by atoms with van der Waals surface area (Å²) < 4.78 is 18.3. The minimum atomic E-state index is -1.38. The van der Waals surface area contributed by atoms with E-state index in [-0.39, 0.29) is 30.3 Å². The normalized spacial score (nSPS) is 44.2. The highest BCUT2D eigenvalue weighted by Gasteiger charge is 2.73. The lowest BCUT2D eigenvalue weighted by Gasteiger charge is -2.70. The first-order valence-electron chi connectivity index (χ1n) is 13.1. The van der Waals surface area contributed by atoms with Crippen LogP contribution in [0.5, 0.6) is 0 Å². The maximum Gasteiger partial charge on any atom is 0.331 e. The number of benzene rings is 1. The third-order valence-corrected chi connectivity index (χ3v) is 10.3. The number of aliphatic hydroxyl groups excluding tert-OH is 1. The van der Waals surface area contributed by atoms with Gasteiger partial charge >= 0.3 is 11.9 Å². The Morgan fingerprint density at radius 3 is 2.58 bits per heavy atom. The SMILES string of the molecule is C[C@@]12[C@@H](OC(=O)/C=C/c3ccccc3)C[C@]3(C)O[C@@]4(CC[C@]3(C)[C@H]1CCC[C@]2(O)CO)COC(=O)C4. The van der Waals surface area contributed by atoms with E-state index in [1.54, 1.807) is 6.08 Å². The predicted molar refractivity (Wildman–Crippen MR) is 133 cm³/mol. The number of hydrogen-bond acceptors (Lipinski definition) is 7. The number of fused-ring (bicyclic) bond motifs is 3. The Morgan fingerprint density at radius 2 is 1.92 bits per heavy atom. The van der Waals surface area contributed by atoms with Crippen molar-refractivity contribution in [2.24, 2.45) is 16.7 Å². The van der Waals surface area contributed by atoms with Crippen LogP contribution in [-0.2, 0) is 23.8 Å². The van der Waals surface area contributed by atoms with Crippen LogP contribution in [-0.4, -0.2) is 58.3 Å². The van der Waals surface area contributed by atoms with E-state index in [0.29, 0.717) is 19.3 Å². The van der Waals surface area contributed by atoms with Crippen molar-refractivity contribution in [3.8, 4) is 0 Å². The molecule has 7 atom stereocenters. The molecule has 0 amide bonds. The molecule has 196 valence electrons. The van der Waals surface area contributed by atoms with E-state index in [2.05, 4.69) is 13.8 Å². The molecule has 4 aliphatic rings. The lowest BCUT2D eigenvalue weighted by atomic mass is 9.40. The van der Waals surface area contributed by atoms with Crippen molar-refractivity contribution in [1.29, 1.82) is 0 Å². The molecule has 2 saturated carbocycles. The van der Waals surface area contributed by atoms with Crippen LogP contribution in [0.4, 0.5) is 0 Å². The molecule has 0 aromatic heterocycles. The minimum absolute atomic E-state index is 0.0547. The van der Waals surface area contributed by atoms with Gasteiger partial charge in [-0.15, -0.1) is 0 Å². The van der Waals surface area contributed by atoms with Crippen molar-refractivity contribution < 1.29 is 34.0 Å². The van der Waals surface area contributed by atoms with Gasteiger partial charge in [-0.1, -0.05) is 50.6 Å². The van der Waals surface area contributed by atoms with Gasteiger partial charge in [0.25, 0.3) is 0 Å². The molecule has 36 heavy (non-hydrogen) atoms. The molecule has 1 aromatic rings. The largest absolute Gasteiger partial charge is 0.463 e. The van der Waals surface area contributed by atoms with Crippen LogP contribution in [0.3, 0.4) is 0 Å². The second kappa shape index (κ2) is 8.67. The molecule has 1 aromatic carbocycles. The van der Waals surface area contributed by atoms with Crippen LogP contribution >= 0.6 is 0 Å². The van der Waals surface area contributed by atoms with E-state index in [9.17, 15) is 19.8 Å². The lowest BCUT2D eigenvalue weighted by molar-refractivity contribution is -0.337. The van der Waals surface area contributed by atoms with Gasteiger partial charge in [-0.3, -0.25) is 4.79 Å². The van der Waals surface area contributed by atoms with Gasteiger partial charge in [-0.05, 0) is 50.2 Å². The highest BCUT2D eigenvalue weighted by Crippen LogP contribution is 2.69. The predicted octanol–water partition coefficient (Wildman–Crippen LogP) is 3.81. The van der Waals surface area contributed by atoms with E-state index >= 15 is 0 Å². The molecule has 2 saturated heterocycles. The van der Waals surface area contributed by atoms with Crippen LogP contribution in [0.1, 0.15) is 71.3 Å². The van der Waals surface area contributed by atoms with E-state index in [0.717, 1.165) is 24.8 Å². The molecule has 2 N–H and O–H groups in total. The maximum atomic E-state index is 13.1. The first kappa shape index (κ1) is 25.4. The number of carbonyl (C=O) groups is 2. The van der Waals surface area contributed by atoms with Crippen molar-refractivity contribution in [2.75, 3.05) is 13.2 Å². The van der Waals surface area contributed by atoms with Crippen molar-refractivity contribution >= 4 is 18.0 Å².